The van der Waals surface area contributed by atoms with Crippen molar-refractivity contribution in [1.82, 2.24) is 4.90 Å². The van der Waals surface area contributed by atoms with Crippen LogP contribution in [0.25, 0.3) is 0 Å². The van der Waals surface area contributed by atoms with Gasteiger partial charge in [0.15, 0.2) is 5.17 Å². The van der Waals surface area contributed by atoms with Crippen LogP contribution in [0.3, 0.4) is 0 Å². The molecule has 1 atom stereocenters. The molecule has 8 heteroatoms. The number of hydrogen-bond acceptors (Lipinski definition) is 6. The molecule has 0 saturated carbocycles. The summed E-state index contributed by atoms with van der Waals surface area (Å²) in [5.74, 6) is 0.931. The predicted octanol–water partition coefficient (Wildman–Crippen LogP) is 3.68. The normalized spacial score (nSPS) is 17.9. The number of methoxy groups -OCH3 is 1. The third-order valence-corrected chi connectivity index (χ3v) is 5.54. The largest absolute Gasteiger partial charge is 0.494 e. The molecule has 0 spiro atoms. The molecule has 2 amide bonds. The van der Waals surface area contributed by atoms with Gasteiger partial charge < -0.3 is 14.8 Å². The fourth-order valence-corrected chi connectivity index (χ4v) is 3.80. The lowest BCUT2D eigenvalue weighted by Crippen LogP contribution is -2.43. The first-order valence-corrected chi connectivity index (χ1v) is 10.1. The number of amides is 2. The molecule has 1 N–H and O–H groups in total. The number of thioether (sulfide) groups is 1. The van der Waals surface area contributed by atoms with Gasteiger partial charge in [0, 0.05) is 19.2 Å². The summed E-state index contributed by atoms with van der Waals surface area (Å²) in [5.41, 5.74) is 1.25. The fraction of sp³-hybridized carbons (Fsp3) is 0.286. The van der Waals surface area contributed by atoms with E-state index in [0.717, 1.165) is 5.75 Å². The monoisotopic (exact) mass is 413 g/mol. The van der Waals surface area contributed by atoms with Crippen molar-refractivity contribution in [2.75, 3.05) is 26.1 Å². The van der Waals surface area contributed by atoms with Crippen LogP contribution in [0.4, 0.5) is 11.4 Å². The first-order chi connectivity index (χ1) is 14.0. The molecule has 1 unspecified atom stereocenters. The van der Waals surface area contributed by atoms with Crippen molar-refractivity contribution in [2.24, 2.45) is 4.99 Å². The minimum absolute atomic E-state index is 0.106. The number of carbonyl (C=O) groups excluding carboxylic acids is 2. The molecule has 7 nitrogen and oxygen atoms in total. The Balaban J connectivity index is 1.75. The number of hydrogen-bond donors (Lipinski definition) is 1. The van der Waals surface area contributed by atoms with Crippen LogP contribution in [0, 0.1) is 0 Å². The maximum absolute atomic E-state index is 12.7. The van der Waals surface area contributed by atoms with Gasteiger partial charge in [-0.15, -0.1) is 0 Å². The molecule has 29 heavy (non-hydrogen) atoms. The molecule has 0 radical (unpaired) electrons. The minimum atomic E-state index is -0.571. The molecular formula is C21H23N3O4S. The first-order valence-electron chi connectivity index (χ1n) is 9.20. The quantitative estimate of drug-likeness (QED) is 0.781. The van der Waals surface area contributed by atoms with E-state index < -0.39 is 5.25 Å². The van der Waals surface area contributed by atoms with Gasteiger partial charge in [-0.1, -0.05) is 23.9 Å². The van der Waals surface area contributed by atoms with Crippen LogP contribution >= 0.6 is 11.8 Å². The number of ether oxygens (including phenoxy) is 2. The lowest BCUT2D eigenvalue weighted by atomic mass is 10.2. The fourth-order valence-electron chi connectivity index (χ4n) is 2.75. The van der Waals surface area contributed by atoms with Crippen LogP contribution in [0.1, 0.15) is 13.3 Å². The molecule has 3 rings (SSSR count). The van der Waals surface area contributed by atoms with Crippen LogP contribution in [0.15, 0.2) is 53.5 Å². The number of anilines is 1. The Bertz CT molecular complexity index is 914. The van der Waals surface area contributed by atoms with Gasteiger partial charge in [-0.25, -0.2) is 4.99 Å². The van der Waals surface area contributed by atoms with E-state index in [0.29, 0.717) is 28.9 Å². The summed E-state index contributed by atoms with van der Waals surface area (Å²) >= 11 is 1.26. The van der Waals surface area contributed by atoms with Crippen LogP contribution in [-0.2, 0) is 9.59 Å². The van der Waals surface area contributed by atoms with Crippen molar-refractivity contribution in [3.8, 4) is 11.5 Å². The Hall–Kier alpha value is -3.00. The maximum Gasteiger partial charge on any atom is 0.238 e. The van der Waals surface area contributed by atoms with Crippen molar-refractivity contribution in [1.29, 1.82) is 0 Å². The zero-order chi connectivity index (χ0) is 20.8. The minimum Gasteiger partial charge on any atom is -0.494 e. The molecule has 1 saturated heterocycles. The highest BCUT2D eigenvalue weighted by atomic mass is 32.2. The number of nitrogens with zero attached hydrogens (tertiary/aromatic N) is 2. The summed E-state index contributed by atoms with van der Waals surface area (Å²) in [6.07, 6.45) is 0.106. The molecule has 1 fully saturated rings. The average molecular weight is 413 g/mol. The summed E-state index contributed by atoms with van der Waals surface area (Å²) in [7, 11) is 3.22. The lowest BCUT2D eigenvalue weighted by molar-refractivity contribution is -0.128. The third kappa shape index (κ3) is 5.08. The second-order valence-electron chi connectivity index (χ2n) is 6.28. The Morgan fingerprint density at radius 3 is 2.66 bits per heavy atom. The van der Waals surface area contributed by atoms with Crippen molar-refractivity contribution >= 4 is 40.1 Å². The molecule has 2 aromatic rings. The molecule has 1 aliphatic heterocycles. The number of carbonyl (C=O) groups is 2. The molecule has 0 aliphatic carbocycles. The van der Waals surface area contributed by atoms with Crippen LogP contribution < -0.4 is 14.8 Å². The van der Waals surface area contributed by atoms with E-state index in [1.54, 1.807) is 50.6 Å². The van der Waals surface area contributed by atoms with E-state index in [-0.39, 0.29) is 18.2 Å². The number of rotatable bonds is 6. The maximum atomic E-state index is 12.7. The molecule has 0 bridgehead atoms. The highest BCUT2D eigenvalue weighted by Crippen LogP contribution is 2.32. The summed E-state index contributed by atoms with van der Waals surface area (Å²) in [6.45, 7) is 2.49. The predicted molar refractivity (Wildman–Crippen MR) is 115 cm³/mol. The van der Waals surface area contributed by atoms with Gasteiger partial charge in [0.05, 0.1) is 13.7 Å². The van der Waals surface area contributed by atoms with Gasteiger partial charge in [-0.05, 0) is 43.3 Å². The van der Waals surface area contributed by atoms with Crippen LogP contribution in [0.2, 0.25) is 0 Å². The Labute approximate surface area is 174 Å². The van der Waals surface area contributed by atoms with E-state index in [1.807, 2.05) is 19.1 Å². The van der Waals surface area contributed by atoms with Gasteiger partial charge in [-0.2, -0.15) is 0 Å². The molecule has 0 aromatic heterocycles. The Kier molecular flexibility index (Phi) is 6.77. The lowest BCUT2D eigenvalue weighted by Gasteiger charge is -2.29. The third-order valence-electron chi connectivity index (χ3n) is 4.30. The SMILES string of the molecule is CCOc1ccc(NC(=O)C2CC(=O)N(C)C(=Nc3ccccc3OC)S2)cc1. The van der Waals surface area contributed by atoms with E-state index >= 15 is 0 Å². The van der Waals surface area contributed by atoms with Crippen molar-refractivity contribution in [2.45, 2.75) is 18.6 Å². The van der Waals surface area contributed by atoms with Crippen molar-refractivity contribution < 1.29 is 19.1 Å². The molecular weight excluding hydrogens is 390 g/mol. The van der Waals surface area contributed by atoms with Crippen molar-refractivity contribution in [3.63, 3.8) is 0 Å². The van der Waals surface area contributed by atoms with E-state index in [1.165, 1.54) is 16.7 Å². The summed E-state index contributed by atoms with van der Waals surface area (Å²) in [4.78, 5) is 31.2. The summed E-state index contributed by atoms with van der Waals surface area (Å²) in [5, 5.41) is 2.74. The van der Waals surface area contributed by atoms with Gasteiger partial charge in [0.25, 0.3) is 0 Å². The van der Waals surface area contributed by atoms with E-state index in [9.17, 15) is 9.59 Å². The highest BCUT2D eigenvalue weighted by Gasteiger charge is 2.34. The summed E-state index contributed by atoms with van der Waals surface area (Å²) < 4.78 is 10.7. The number of nitrogens with one attached hydrogen (secondary N) is 1. The van der Waals surface area contributed by atoms with Crippen LogP contribution in [-0.4, -0.2) is 47.9 Å². The van der Waals surface area contributed by atoms with Gasteiger partial charge in [-0.3, -0.25) is 14.5 Å². The Morgan fingerprint density at radius 2 is 1.97 bits per heavy atom. The number of amidine groups is 1. The highest BCUT2D eigenvalue weighted by molar-refractivity contribution is 8.15. The topological polar surface area (TPSA) is 80.2 Å². The zero-order valence-corrected chi connectivity index (χ0v) is 17.4. The molecule has 2 aromatic carbocycles. The number of benzene rings is 2. The first kappa shape index (κ1) is 20.7. The average Bonchev–Trinajstić information content (AvgIpc) is 2.73. The number of aliphatic imine (C=N–C) groups is 1. The molecule has 1 aliphatic rings. The Morgan fingerprint density at radius 1 is 1.24 bits per heavy atom. The zero-order valence-electron chi connectivity index (χ0n) is 16.5. The second kappa shape index (κ2) is 9.47. The van der Waals surface area contributed by atoms with Crippen molar-refractivity contribution in [3.05, 3.63) is 48.5 Å². The number of para-hydroxylation sites is 2. The second-order valence-corrected chi connectivity index (χ2v) is 7.45. The summed E-state index contributed by atoms with van der Waals surface area (Å²) in [6, 6.07) is 14.4. The molecule has 1 heterocycles. The van der Waals surface area contributed by atoms with E-state index in [2.05, 4.69) is 10.3 Å². The van der Waals surface area contributed by atoms with Gasteiger partial charge >= 0.3 is 0 Å². The standard InChI is InChI=1S/C21H23N3O4S/c1-4-28-15-11-9-14(10-12-15)22-20(26)18-13-19(25)24(2)21(29-18)23-16-7-5-6-8-17(16)27-3/h5-12,18H,4,13H2,1-3H3,(H,22,26). The van der Waals surface area contributed by atoms with Crippen LogP contribution in [0.5, 0.6) is 11.5 Å². The molecule has 152 valence electrons. The van der Waals surface area contributed by atoms with E-state index in [4.69, 9.17) is 9.47 Å². The smallest absolute Gasteiger partial charge is 0.238 e. The van der Waals surface area contributed by atoms with Gasteiger partial charge in [0.2, 0.25) is 11.8 Å². The van der Waals surface area contributed by atoms with Gasteiger partial charge in [0.1, 0.15) is 22.4 Å².